The number of hydrogen-bond acceptors (Lipinski definition) is 2. The summed E-state index contributed by atoms with van der Waals surface area (Å²) >= 11 is 0. The lowest BCUT2D eigenvalue weighted by molar-refractivity contribution is 0.590. The van der Waals surface area contributed by atoms with Crippen LogP contribution in [0, 0.1) is 0 Å². The number of benzene rings is 1. The van der Waals surface area contributed by atoms with E-state index in [1.165, 1.54) is 0 Å². The molecule has 0 aromatic heterocycles. The molecular weight excluding hydrogens is 234 g/mol. The van der Waals surface area contributed by atoms with Gasteiger partial charge in [-0.2, -0.15) is 0 Å². The van der Waals surface area contributed by atoms with Gasteiger partial charge < -0.3 is 0 Å². The lowest BCUT2D eigenvalue weighted by Crippen LogP contribution is -2.13. The maximum atomic E-state index is 11.1. The normalized spacial score (nSPS) is 11.4. The van der Waals surface area contributed by atoms with E-state index < -0.39 is 10.0 Å². The van der Waals surface area contributed by atoms with Crippen molar-refractivity contribution in [2.24, 2.45) is 0 Å². The van der Waals surface area contributed by atoms with Crippen LogP contribution in [0.25, 0.3) is 0 Å². The molecule has 0 amide bonds. The Morgan fingerprint density at radius 3 is 2.06 bits per heavy atom. The van der Waals surface area contributed by atoms with Crippen LogP contribution in [0.2, 0.25) is 0 Å². The van der Waals surface area contributed by atoms with E-state index in [9.17, 15) is 8.42 Å². The highest BCUT2D eigenvalue weighted by molar-refractivity contribution is 7.92. The van der Waals surface area contributed by atoms with E-state index in [1.807, 2.05) is 32.0 Å². The average molecular weight is 257 g/mol. The van der Waals surface area contributed by atoms with Crippen molar-refractivity contribution in [3.63, 3.8) is 0 Å². The molecule has 1 N–H and O–H groups in total. The Morgan fingerprint density at radius 2 is 1.65 bits per heavy atom. The molecule has 0 aliphatic carbocycles. The van der Waals surface area contributed by atoms with E-state index >= 15 is 0 Å². The summed E-state index contributed by atoms with van der Waals surface area (Å²) in [4.78, 5) is 0. The second kappa shape index (κ2) is 6.05. The van der Waals surface area contributed by atoms with Gasteiger partial charge in [0.1, 0.15) is 0 Å². The monoisotopic (exact) mass is 257 g/mol. The Balaban J connectivity index is 0.00000121. The van der Waals surface area contributed by atoms with Crippen LogP contribution in [0.3, 0.4) is 0 Å². The summed E-state index contributed by atoms with van der Waals surface area (Å²) in [5.41, 5.74) is 1.75. The van der Waals surface area contributed by atoms with Crippen LogP contribution in [0.15, 0.2) is 24.3 Å². The quantitative estimate of drug-likeness (QED) is 0.882. The zero-order valence-corrected chi connectivity index (χ0v) is 12.4. The van der Waals surface area contributed by atoms with Crippen LogP contribution in [-0.2, 0) is 15.4 Å². The summed E-state index contributed by atoms with van der Waals surface area (Å²) in [5, 5.41) is 0. The molecule has 17 heavy (non-hydrogen) atoms. The molecule has 1 aromatic carbocycles. The fraction of sp³-hybridized carbons (Fsp3) is 0.538. The Bertz CT molecular complexity index is 445. The first-order valence-corrected chi connectivity index (χ1v) is 7.66. The largest absolute Gasteiger partial charge is 0.284 e. The first-order valence-electron chi connectivity index (χ1n) is 5.77. The third kappa shape index (κ3) is 6.31. The van der Waals surface area contributed by atoms with Crippen molar-refractivity contribution in [3.8, 4) is 0 Å². The number of hydrogen-bond donors (Lipinski definition) is 1. The first kappa shape index (κ1) is 16.0. The van der Waals surface area contributed by atoms with Crippen molar-refractivity contribution >= 4 is 15.7 Å². The molecule has 1 aromatic rings. The van der Waals surface area contributed by atoms with Crippen molar-refractivity contribution in [2.75, 3.05) is 11.0 Å². The Morgan fingerprint density at radius 1 is 1.12 bits per heavy atom. The van der Waals surface area contributed by atoms with Crippen molar-refractivity contribution in [1.82, 2.24) is 0 Å². The standard InChI is InChI=1S/C11H17NO2S.C2H6/c1-11(2,3)9-6-5-7-10(8-9)12-15(4,13)14;1-2/h5-8,12H,1-4H3;1-2H3. The topological polar surface area (TPSA) is 46.2 Å². The molecule has 0 fully saturated rings. The summed E-state index contributed by atoms with van der Waals surface area (Å²) in [6.45, 7) is 10.3. The molecule has 3 nitrogen and oxygen atoms in total. The van der Waals surface area contributed by atoms with Gasteiger partial charge in [0.2, 0.25) is 10.0 Å². The smallest absolute Gasteiger partial charge is 0.229 e. The van der Waals surface area contributed by atoms with Gasteiger partial charge in [-0.1, -0.05) is 46.8 Å². The van der Waals surface area contributed by atoms with E-state index in [1.54, 1.807) is 6.07 Å². The minimum Gasteiger partial charge on any atom is -0.284 e. The molecule has 0 atom stereocenters. The zero-order chi connectivity index (χ0) is 13.7. The Hall–Kier alpha value is -1.03. The van der Waals surface area contributed by atoms with Crippen LogP contribution < -0.4 is 4.72 Å². The fourth-order valence-corrected chi connectivity index (χ4v) is 1.82. The van der Waals surface area contributed by atoms with Gasteiger partial charge in [0.05, 0.1) is 6.26 Å². The summed E-state index contributed by atoms with van der Waals surface area (Å²) in [5.74, 6) is 0. The van der Waals surface area contributed by atoms with Gasteiger partial charge in [-0.05, 0) is 23.1 Å². The van der Waals surface area contributed by atoms with Crippen LogP contribution in [-0.4, -0.2) is 14.7 Å². The second-order valence-electron chi connectivity index (χ2n) is 4.71. The summed E-state index contributed by atoms with van der Waals surface area (Å²) < 4.78 is 24.6. The molecule has 0 heterocycles. The SMILES string of the molecule is CC.CC(C)(C)c1cccc(NS(C)(=O)=O)c1. The highest BCUT2D eigenvalue weighted by Gasteiger charge is 2.14. The highest BCUT2D eigenvalue weighted by atomic mass is 32.2. The van der Waals surface area contributed by atoms with Crippen molar-refractivity contribution in [1.29, 1.82) is 0 Å². The molecule has 0 spiro atoms. The van der Waals surface area contributed by atoms with Gasteiger partial charge in [-0.3, -0.25) is 4.72 Å². The predicted octanol–water partition coefficient (Wildman–Crippen LogP) is 3.38. The average Bonchev–Trinajstić information content (AvgIpc) is 2.17. The van der Waals surface area contributed by atoms with Gasteiger partial charge >= 0.3 is 0 Å². The minimum absolute atomic E-state index is 0.0230. The molecule has 98 valence electrons. The summed E-state index contributed by atoms with van der Waals surface area (Å²) in [6, 6.07) is 7.46. The fourth-order valence-electron chi connectivity index (χ4n) is 1.26. The summed E-state index contributed by atoms with van der Waals surface area (Å²) in [7, 11) is -3.19. The van der Waals surface area contributed by atoms with E-state index in [2.05, 4.69) is 25.5 Å². The lowest BCUT2D eigenvalue weighted by atomic mass is 9.87. The molecule has 1 rings (SSSR count). The van der Waals surface area contributed by atoms with Gasteiger partial charge in [-0.15, -0.1) is 0 Å². The number of anilines is 1. The number of rotatable bonds is 2. The van der Waals surface area contributed by atoms with E-state index in [-0.39, 0.29) is 5.41 Å². The van der Waals surface area contributed by atoms with Crippen molar-refractivity contribution in [3.05, 3.63) is 29.8 Å². The highest BCUT2D eigenvalue weighted by Crippen LogP contribution is 2.24. The second-order valence-corrected chi connectivity index (χ2v) is 6.45. The third-order valence-electron chi connectivity index (χ3n) is 2.03. The molecule has 0 saturated heterocycles. The van der Waals surface area contributed by atoms with Crippen LogP contribution in [0.4, 0.5) is 5.69 Å². The molecule has 0 saturated carbocycles. The predicted molar refractivity (Wildman–Crippen MR) is 75.0 cm³/mol. The third-order valence-corrected chi connectivity index (χ3v) is 2.64. The number of sulfonamides is 1. The van der Waals surface area contributed by atoms with E-state index in [0.29, 0.717) is 5.69 Å². The zero-order valence-electron chi connectivity index (χ0n) is 11.5. The molecule has 0 bridgehead atoms. The van der Waals surface area contributed by atoms with Crippen LogP contribution >= 0.6 is 0 Å². The van der Waals surface area contributed by atoms with Gasteiger partial charge in [0.25, 0.3) is 0 Å². The molecular formula is C13H23NO2S. The van der Waals surface area contributed by atoms with Crippen molar-refractivity contribution < 1.29 is 8.42 Å². The number of nitrogens with one attached hydrogen (secondary N) is 1. The summed E-state index contributed by atoms with van der Waals surface area (Å²) in [6.07, 6.45) is 1.15. The van der Waals surface area contributed by atoms with Crippen LogP contribution in [0.1, 0.15) is 40.2 Å². The molecule has 4 heteroatoms. The van der Waals surface area contributed by atoms with Crippen LogP contribution in [0.5, 0.6) is 0 Å². The first-order chi connectivity index (χ1) is 7.68. The maximum Gasteiger partial charge on any atom is 0.229 e. The van der Waals surface area contributed by atoms with Crippen molar-refractivity contribution in [2.45, 2.75) is 40.0 Å². The molecule has 0 radical (unpaired) electrons. The molecule has 0 unspecified atom stereocenters. The van der Waals surface area contributed by atoms with E-state index in [0.717, 1.165) is 11.8 Å². The van der Waals surface area contributed by atoms with Gasteiger partial charge in [-0.25, -0.2) is 8.42 Å². The minimum atomic E-state index is -3.19. The Labute approximate surface area is 105 Å². The lowest BCUT2D eigenvalue weighted by Gasteiger charge is -2.19. The maximum absolute atomic E-state index is 11.1. The molecule has 0 aliphatic rings. The van der Waals surface area contributed by atoms with Gasteiger partial charge in [0.15, 0.2) is 0 Å². The van der Waals surface area contributed by atoms with E-state index in [4.69, 9.17) is 0 Å². The molecule has 0 aliphatic heterocycles. The van der Waals surface area contributed by atoms with Gasteiger partial charge in [0, 0.05) is 5.69 Å². The Kier molecular flexibility index (Phi) is 5.69.